The summed E-state index contributed by atoms with van der Waals surface area (Å²) in [6.45, 7) is 10.0. The number of likely N-dealkylation sites (tertiary alicyclic amines) is 1. The monoisotopic (exact) mass is 526 g/mol. The Balaban J connectivity index is 1.29. The second kappa shape index (κ2) is 11.2. The van der Waals surface area contributed by atoms with Gasteiger partial charge in [-0.2, -0.15) is 0 Å². The highest BCUT2D eigenvalue weighted by molar-refractivity contribution is 6.34. The Morgan fingerprint density at radius 1 is 1.24 bits per heavy atom. The zero-order chi connectivity index (χ0) is 26.8. The van der Waals surface area contributed by atoms with Crippen molar-refractivity contribution in [2.75, 3.05) is 27.2 Å². The summed E-state index contributed by atoms with van der Waals surface area (Å²) in [5.41, 5.74) is 1.68. The molecule has 3 fully saturated rings. The molecular formula is C31H43ClN2O3. The van der Waals surface area contributed by atoms with E-state index in [0.717, 1.165) is 70.0 Å². The van der Waals surface area contributed by atoms with Crippen LogP contribution in [-0.2, 0) is 4.79 Å². The smallest absolute Gasteiger partial charge is 0.254 e. The molecule has 4 rings (SSSR count). The number of hydrogen-bond donors (Lipinski definition) is 0. The zero-order valence-electron chi connectivity index (χ0n) is 23.0. The van der Waals surface area contributed by atoms with Gasteiger partial charge in [0.05, 0.1) is 22.1 Å². The molecule has 6 heteroatoms. The van der Waals surface area contributed by atoms with Gasteiger partial charge in [-0.1, -0.05) is 50.1 Å². The van der Waals surface area contributed by atoms with E-state index in [1.807, 2.05) is 12.1 Å². The lowest BCUT2D eigenvalue weighted by molar-refractivity contribution is -0.146. The van der Waals surface area contributed by atoms with Gasteiger partial charge >= 0.3 is 0 Å². The van der Waals surface area contributed by atoms with Crippen molar-refractivity contribution in [1.82, 2.24) is 9.80 Å². The fourth-order valence-corrected chi connectivity index (χ4v) is 6.68. The molecule has 2 saturated carbocycles. The van der Waals surface area contributed by atoms with E-state index >= 15 is 0 Å². The normalized spacial score (nSPS) is 22.7. The molecule has 2 amide bonds. The highest BCUT2D eigenvalue weighted by Gasteiger charge is 2.56. The molecular weight excluding hydrogens is 484 g/mol. The Bertz CT molecular complexity index is 1050. The molecule has 1 aliphatic heterocycles. The third kappa shape index (κ3) is 5.62. The van der Waals surface area contributed by atoms with E-state index in [4.69, 9.17) is 16.3 Å². The summed E-state index contributed by atoms with van der Waals surface area (Å²) in [6, 6.07) is 5.31. The van der Waals surface area contributed by atoms with Gasteiger partial charge in [0, 0.05) is 27.2 Å². The number of piperidine rings is 1. The van der Waals surface area contributed by atoms with Crippen molar-refractivity contribution >= 4 is 23.4 Å². The third-order valence-corrected chi connectivity index (χ3v) is 9.29. The fraction of sp³-hybridized carbons (Fsp3) is 0.613. The van der Waals surface area contributed by atoms with Gasteiger partial charge in [-0.05, 0) is 87.0 Å². The van der Waals surface area contributed by atoms with E-state index in [-0.39, 0.29) is 17.4 Å². The molecule has 3 aliphatic rings. The van der Waals surface area contributed by atoms with Crippen LogP contribution in [0.3, 0.4) is 0 Å². The minimum Gasteiger partial charge on any atom is -0.491 e. The van der Waals surface area contributed by atoms with Crippen molar-refractivity contribution in [3.63, 3.8) is 0 Å². The first-order valence-electron chi connectivity index (χ1n) is 14.0. The zero-order valence-corrected chi connectivity index (χ0v) is 23.8. The molecule has 0 bridgehead atoms. The highest BCUT2D eigenvalue weighted by Crippen LogP contribution is 2.62. The molecule has 5 nitrogen and oxygen atoms in total. The van der Waals surface area contributed by atoms with E-state index < -0.39 is 0 Å². The van der Waals surface area contributed by atoms with Gasteiger partial charge in [-0.25, -0.2) is 0 Å². The van der Waals surface area contributed by atoms with Crippen LogP contribution < -0.4 is 4.74 Å². The van der Waals surface area contributed by atoms with Gasteiger partial charge in [-0.15, -0.1) is 0 Å². The average Bonchev–Trinajstić information content (AvgIpc) is 3.50. The Labute approximate surface area is 227 Å². The van der Waals surface area contributed by atoms with Gasteiger partial charge in [0.25, 0.3) is 5.91 Å². The standard InChI is InChI=1S/C31H43ClN2O3/c1-6-8-10-23(7-2)31(13-9-14-31)29(36)34-17-15-30(16-18-34)21-24(30)19-22(3)37-25-11-12-26(27(32)20-25)28(35)33(4)5/h7,10-12,20,22,24H,2,6,8-9,13-19,21H2,1,3-5H3/b23-10+. The Morgan fingerprint density at radius 3 is 2.49 bits per heavy atom. The van der Waals surface area contributed by atoms with Gasteiger partial charge < -0.3 is 14.5 Å². The van der Waals surface area contributed by atoms with E-state index in [1.54, 1.807) is 26.2 Å². The minimum atomic E-state index is -0.319. The second-order valence-electron chi connectivity index (χ2n) is 11.6. The van der Waals surface area contributed by atoms with Gasteiger partial charge in [0.15, 0.2) is 0 Å². The van der Waals surface area contributed by atoms with Gasteiger partial charge in [0.2, 0.25) is 5.91 Å². The molecule has 202 valence electrons. The van der Waals surface area contributed by atoms with Gasteiger partial charge in [0.1, 0.15) is 5.75 Å². The summed E-state index contributed by atoms with van der Waals surface area (Å²) in [7, 11) is 3.43. The largest absolute Gasteiger partial charge is 0.491 e. The van der Waals surface area contributed by atoms with Crippen LogP contribution in [-0.4, -0.2) is 54.9 Å². The first-order valence-corrected chi connectivity index (χ1v) is 14.3. The highest BCUT2D eigenvalue weighted by atomic mass is 35.5. The number of carbonyl (C=O) groups excluding carboxylic acids is 2. The first-order chi connectivity index (χ1) is 17.7. The van der Waals surface area contributed by atoms with Crippen LogP contribution in [0.15, 0.2) is 42.5 Å². The molecule has 1 saturated heterocycles. The summed E-state index contributed by atoms with van der Waals surface area (Å²) in [6.07, 6.45) is 13.8. The molecule has 0 aromatic heterocycles. The summed E-state index contributed by atoms with van der Waals surface area (Å²) in [4.78, 5) is 29.6. The number of halogens is 1. The van der Waals surface area contributed by atoms with Crippen LogP contribution in [0.1, 0.15) is 82.0 Å². The molecule has 1 spiro atoms. The van der Waals surface area contributed by atoms with Crippen LogP contribution in [0.4, 0.5) is 0 Å². The average molecular weight is 527 g/mol. The molecule has 2 unspecified atom stereocenters. The number of amides is 2. The number of nitrogens with zero attached hydrogens (tertiary/aromatic N) is 2. The first kappa shape index (κ1) is 27.8. The molecule has 1 heterocycles. The quantitative estimate of drug-likeness (QED) is 0.311. The van der Waals surface area contributed by atoms with Crippen molar-refractivity contribution in [2.45, 2.75) is 77.7 Å². The van der Waals surface area contributed by atoms with Crippen LogP contribution in [0.25, 0.3) is 0 Å². The number of ether oxygens (including phenoxy) is 1. The second-order valence-corrected chi connectivity index (χ2v) is 12.1. The van der Waals surface area contributed by atoms with Crippen LogP contribution in [0, 0.1) is 16.7 Å². The summed E-state index contributed by atoms with van der Waals surface area (Å²) < 4.78 is 6.18. The number of unbranched alkanes of at least 4 members (excludes halogenated alkanes) is 1. The lowest BCUT2D eigenvalue weighted by Gasteiger charge is -2.46. The predicted octanol–water partition coefficient (Wildman–Crippen LogP) is 6.91. The Morgan fingerprint density at radius 2 is 1.95 bits per heavy atom. The van der Waals surface area contributed by atoms with E-state index in [1.165, 1.54) is 11.3 Å². The summed E-state index contributed by atoms with van der Waals surface area (Å²) >= 11 is 6.36. The number of carbonyl (C=O) groups is 2. The Hall–Kier alpha value is -2.27. The topological polar surface area (TPSA) is 49.9 Å². The fourth-order valence-electron chi connectivity index (χ4n) is 6.43. The maximum atomic E-state index is 13.7. The molecule has 0 N–H and O–H groups in total. The third-order valence-electron chi connectivity index (χ3n) is 8.98. The molecule has 2 atom stereocenters. The molecule has 0 radical (unpaired) electrons. The van der Waals surface area contributed by atoms with Gasteiger partial charge in [-0.3, -0.25) is 9.59 Å². The molecule has 1 aromatic rings. The van der Waals surface area contributed by atoms with Crippen molar-refractivity contribution in [3.05, 3.63) is 53.1 Å². The number of allylic oxidation sites excluding steroid dienone is 2. The maximum Gasteiger partial charge on any atom is 0.254 e. The maximum absolute atomic E-state index is 13.7. The molecule has 37 heavy (non-hydrogen) atoms. The Kier molecular flexibility index (Phi) is 8.42. The van der Waals surface area contributed by atoms with Crippen molar-refractivity contribution < 1.29 is 14.3 Å². The summed E-state index contributed by atoms with van der Waals surface area (Å²) in [5.74, 6) is 1.55. The molecule has 1 aromatic carbocycles. The van der Waals surface area contributed by atoms with Crippen molar-refractivity contribution in [2.24, 2.45) is 16.7 Å². The van der Waals surface area contributed by atoms with E-state index in [9.17, 15) is 9.59 Å². The lowest BCUT2D eigenvalue weighted by atomic mass is 9.62. The van der Waals surface area contributed by atoms with Crippen molar-refractivity contribution in [3.8, 4) is 5.75 Å². The van der Waals surface area contributed by atoms with Crippen LogP contribution in [0.5, 0.6) is 5.75 Å². The molecule has 2 aliphatic carbocycles. The van der Waals surface area contributed by atoms with E-state index in [2.05, 4.69) is 31.4 Å². The number of hydrogen-bond acceptors (Lipinski definition) is 3. The minimum absolute atomic E-state index is 0.0626. The van der Waals surface area contributed by atoms with Crippen LogP contribution in [0.2, 0.25) is 5.02 Å². The lowest BCUT2D eigenvalue weighted by Crippen LogP contribution is -2.51. The number of rotatable bonds is 10. The van der Waals surface area contributed by atoms with E-state index in [0.29, 0.717) is 33.6 Å². The summed E-state index contributed by atoms with van der Waals surface area (Å²) in [5, 5.41) is 0.414. The predicted molar refractivity (Wildman–Crippen MR) is 150 cm³/mol. The van der Waals surface area contributed by atoms with Crippen molar-refractivity contribution in [1.29, 1.82) is 0 Å². The number of benzene rings is 1. The SMILES string of the molecule is C=C/C(=C\CCC)C1(C(=O)N2CCC3(CC2)CC3CC(C)Oc2ccc(C(=O)N(C)C)c(Cl)c2)CCC1. The van der Waals surface area contributed by atoms with Crippen LogP contribution >= 0.6 is 11.6 Å².